The second kappa shape index (κ2) is 8.04. The van der Waals surface area contributed by atoms with Crippen molar-refractivity contribution < 1.29 is 13.2 Å². The molecule has 0 saturated carbocycles. The lowest BCUT2D eigenvalue weighted by atomic mass is 10.2. The topological polar surface area (TPSA) is 87.3 Å². The quantitative estimate of drug-likeness (QED) is 0.668. The van der Waals surface area contributed by atoms with Crippen LogP contribution in [0.2, 0.25) is 5.02 Å². The molecule has 132 valence electrons. The zero-order valence-electron chi connectivity index (χ0n) is 13.5. The fraction of sp³-hybridized carbons (Fsp3) is 0.118. The first-order valence-corrected chi connectivity index (χ1v) is 9.23. The highest BCUT2D eigenvalue weighted by Crippen LogP contribution is 2.25. The predicted molar refractivity (Wildman–Crippen MR) is 101 cm³/mol. The van der Waals surface area contributed by atoms with E-state index in [1.54, 1.807) is 49.4 Å². The molecule has 0 fully saturated rings. The number of amides is 2. The van der Waals surface area contributed by atoms with E-state index in [1.165, 1.54) is 6.07 Å². The Morgan fingerprint density at radius 2 is 1.80 bits per heavy atom. The maximum absolute atomic E-state index is 12.5. The van der Waals surface area contributed by atoms with Crippen LogP contribution in [-0.2, 0) is 10.0 Å². The Kier molecular flexibility index (Phi) is 6.06. The Bertz CT molecular complexity index is 881. The Morgan fingerprint density at radius 1 is 1.16 bits per heavy atom. The van der Waals surface area contributed by atoms with Gasteiger partial charge in [0.2, 0.25) is 0 Å². The van der Waals surface area contributed by atoms with Crippen LogP contribution in [0.3, 0.4) is 0 Å². The molecule has 2 amide bonds. The molecule has 0 atom stereocenters. The second-order valence-electron chi connectivity index (χ2n) is 5.17. The van der Waals surface area contributed by atoms with Crippen LogP contribution in [0.25, 0.3) is 0 Å². The van der Waals surface area contributed by atoms with Crippen LogP contribution in [0.5, 0.6) is 0 Å². The molecular weight excluding hydrogens is 362 g/mol. The molecule has 0 unspecified atom stereocenters. The van der Waals surface area contributed by atoms with Gasteiger partial charge in [0.15, 0.2) is 0 Å². The van der Waals surface area contributed by atoms with Crippen molar-refractivity contribution in [3.05, 3.63) is 65.7 Å². The smallest absolute Gasteiger partial charge is 0.319 e. The first kappa shape index (κ1) is 18.8. The minimum Gasteiger partial charge on any atom is -0.334 e. The van der Waals surface area contributed by atoms with Gasteiger partial charge in [0, 0.05) is 22.9 Å². The monoisotopic (exact) mass is 379 g/mol. The Hall–Kier alpha value is -2.51. The van der Waals surface area contributed by atoms with Crippen molar-refractivity contribution in [2.75, 3.05) is 16.6 Å². The van der Waals surface area contributed by atoms with Crippen molar-refractivity contribution in [2.24, 2.45) is 0 Å². The summed E-state index contributed by atoms with van der Waals surface area (Å²) in [6.07, 6.45) is 1.56. The summed E-state index contributed by atoms with van der Waals surface area (Å²) >= 11 is 5.98. The van der Waals surface area contributed by atoms with Gasteiger partial charge in [-0.15, -0.1) is 6.58 Å². The number of rotatable bonds is 6. The zero-order chi connectivity index (χ0) is 18.4. The van der Waals surface area contributed by atoms with Gasteiger partial charge in [0.1, 0.15) is 0 Å². The number of anilines is 2. The molecule has 0 aromatic heterocycles. The highest BCUT2D eigenvalue weighted by atomic mass is 35.5. The Balaban J connectivity index is 2.11. The summed E-state index contributed by atoms with van der Waals surface area (Å²) in [7, 11) is -3.76. The molecule has 0 radical (unpaired) electrons. The van der Waals surface area contributed by atoms with Gasteiger partial charge < -0.3 is 10.6 Å². The number of hydrogen-bond donors (Lipinski definition) is 3. The van der Waals surface area contributed by atoms with E-state index in [4.69, 9.17) is 11.6 Å². The lowest BCUT2D eigenvalue weighted by Crippen LogP contribution is -2.28. The maximum atomic E-state index is 12.5. The summed E-state index contributed by atoms with van der Waals surface area (Å²) in [4.78, 5) is 11.7. The fourth-order valence-electron chi connectivity index (χ4n) is 2.05. The second-order valence-corrected chi connectivity index (χ2v) is 7.23. The van der Waals surface area contributed by atoms with Crippen molar-refractivity contribution in [1.82, 2.24) is 5.32 Å². The zero-order valence-corrected chi connectivity index (χ0v) is 15.1. The van der Waals surface area contributed by atoms with Crippen molar-refractivity contribution >= 4 is 39.0 Å². The van der Waals surface area contributed by atoms with Gasteiger partial charge in [0.25, 0.3) is 10.0 Å². The number of carbonyl (C=O) groups excluding carboxylic acids is 1. The minimum atomic E-state index is -3.76. The van der Waals surface area contributed by atoms with E-state index in [0.717, 1.165) is 0 Å². The van der Waals surface area contributed by atoms with Crippen LogP contribution in [0.15, 0.2) is 60.0 Å². The molecule has 0 aliphatic rings. The summed E-state index contributed by atoms with van der Waals surface area (Å²) in [5, 5.41) is 5.58. The minimum absolute atomic E-state index is 0.117. The molecule has 8 heteroatoms. The first-order valence-electron chi connectivity index (χ1n) is 7.37. The third-order valence-corrected chi connectivity index (χ3v) is 5.24. The van der Waals surface area contributed by atoms with E-state index in [1.807, 2.05) is 0 Å². The molecule has 0 aliphatic carbocycles. The van der Waals surface area contributed by atoms with E-state index >= 15 is 0 Å². The fourth-order valence-corrected chi connectivity index (χ4v) is 3.61. The van der Waals surface area contributed by atoms with Gasteiger partial charge in [-0.3, -0.25) is 4.72 Å². The number of carbonyl (C=O) groups is 1. The first-order chi connectivity index (χ1) is 11.8. The number of benzene rings is 2. The number of halogens is 1. The molecule has 3 N–H and O–H groups in total. The van der Waals surface area contributed by atoms with Gasteiger partial charge in [-0.05, 0) is 48.9 Å². The van der Waals surface area contributed by atoms with E-state index in [2.05, 4.69) is 21.9 Å². The van der Waals surface area contributed by atoms with Crippen molar-refractivity contribution in [1.29, 1.82) is 0 Å². The Morgan fingerprint density at radius 3 is 2.44 bits per heavy atom. The van der Waals surface area contributed by atoms with Crippen LogP contribution >= 0.6 is 11.6 Å². The van der Waals surface area contributed by atoms with Crippen molar-refractivity contribution in [3.63, 3.8) is 0 Å². The van der Waals surface area contributed by atoms with E-state index in [9.17, 15) is 13.2 Å². The van der Waals surface area contributed by atoms with E-state index < -0.39 is 10.0 Å². The number of urea groups is 1. The molecule has 25 heavy (non-hydrogen) atoms. The average molecular weight is 380 g/mol. The van der Waals surface area contributed by atoms with Gasteiger partial charge in [-0.2, -0.15) is 0 Å². The molecule has 0 saturated heterocycles. The largest absolute Gasteiger partial charge is 0.334 e. The summed E-state index contributed by atoms with van der Waals surface area (Å²) in [5.74, 6) is 0. The van der Waals surface area contributed by atoms with E-state index in [0.29, 0.717) is 28.5 Å². The molecule has 2 rings (SSSR count). The van der Waals surface area contributed by atoms with Crippen molar-refractivity contribution in [3.8, 4) is 0 Å². The van der Waals surface area contributed by atoms with Gasteiger partial charge in [-0.25, -0.2) is 13.2 Å². The molecular formula is C17H18ClN3O3S. The summed E-state index contributed by atoms with van der Waals surface area (Å²) in [5.41, 5.74) is 1.38. The lowest BCUT2D eigenvalue weighted by molar-refractivity contribution is 0.253. The molecule has 0 bridgehead atoms. The standard InChI is InChI=1S/C17H18ClN3O3S/c1-3-11-19-17(22)20-13-7-9-14(10-8-13)21-25(23,24)16-6-4-5-15(18)12(16)2/h3-10,21H,1,11H2,2H3,(H2,19,20,22). The molecule has 0 heterocycles. The molecule has 6 nitrogen and oxygen atoms in total. The SMILES string of the molecule is C=CCNC(=O)Nc1ccc(NS(=O)(=O)c2cccc(Cl)c2C)cc1. The predicted octanol–water partition coefficient (Wildman–Crippen LogP) is 3.76. The third kappa shape index (κ3) is 4.98. The Labute approximate surface area is 151 Å². The van der Waals surface area contributed by atoms with Gasteiger partial charge >= 0.3 is 6.03 Å². The van der Waals surface area contributed by atoms with Gasteiger partial charge in [-0.1, -0.05) is 23.7 Å². The van der Waals surface area contributed by atoms with Gasteiger partial charge in [0.05, 0.1) is 4.90 Å². The highest BCUT2D eigenvalue weighted by Gasteiger charge is 2.18. The average Bonchev–Trinajstić information content (AvgIpc) is 2.57. The maximum Gasteiger partial charge on any atom is 0.319 e. The molecule has 2 aromatic carbocycles. The van der Waals surface area contributed by atoms with Crippen molar-refractivity contribution in [2.45, 2.75) is 11.8 Å². The molecule has 0 spiro atoms. The number of sulfonamides is 1. The highest BCUT2D eigenvalue weighted by molar-refractivity contribution is 7.92. The molecule has 2 aromatic rings. The molecule has 0 aliphatic heterocycles. The van der Waals surface area contributed by atoms with Crippen LogP contribution in [0.1, 0.15) is 5.56 Å². The van der Waals surface area contributed by atoms with E-state index in [-0.39, 0.29) is 10.9 Å². The van der Waals surface area contributed by atoms with Crippen LogP contribution in [-0.4, -0.2) is 21.0 Å². The third-order valence-electron chi connectivity index (χ3n) is 3.31. The number of nitrogens with one attached hydrogen (secondary N) is 3. The lowest BCUT2D eigenvalue weighted by Gasteiger charge is -2.12. The number of hydrogen-bond acceptors (Lipinski definition) is 3. The van der Waals surface area contributed by atoms with Crippen LogP contribution in [0.4, 0.5) is 16.2 Å². The summed E-state index contributed by atoms with van der Waals surface area (Å²) in [6, 6.07) is 10.6. The summed E-state index contributed by atoms with van der Waals surface area (Å²) in [6.45, 7) is 5.50. The normalized spacial score (nSPS) is 10.8. The van der Waals surface area contributed by atoms with Crippen LogP contribution < -0.4 is 15.4 Å². The summed E-state index contributed by atoms with van der Waals surface area (Å²) < 4.78 is 27.5. The van der Waals surface area contributed by atoms with Crippen LogP contribution in [0, 0.1) is 6.92 Å².